The number of carbonyl (C=O) groups excluding carboxylic acids is 1. The van der Waals surface area contributed by atoms with Crippen molar-refractivity contribution in [2.75, 3.05) is 7.05 Å². The summed E-state index contributed by atoms with van der Waals surface area (Å²) in [6, 6.07) is 7.48. The van der Waals surface area contributed by atoms with Gasteiger partial charge in [-0.25, -0.2) is 0 Å². The van der Waals surface area contributed by atoms with Crippen molar-refractivity contribution in [3.8, 4) is 0 Å². The van der Waals surface area contributed by atoms with Gasteiger partial charge in [0.05, 0.1) is 0 Å². The number of halogens is 1. The fourth-order valence-electron chi connectivity index (χ4n) is 1.42. The van der Waals surface area contributed by atoms with Crippen LogP contribution >= 0.6 is 11.6 Å². The largest absolute Gasteiger partial charge is 0.339 e. The number of nitrogens with zero attached hydrogens (tertiary/aromatic N) is 1. The minimum atomic E-state index is 0.0872. The fourth-order valence-corrected chi connectivity index (χ4v) is 1.55. The molecule has 0 spiro atoms. The van der Waals surface area contributed by atoms with Crippen LogP contribution in [0.15, 0.2) is 24.3 Å². The Morgan fingerprint density at radius 1 is 1.36 bits per heavy atom. The third-order valence-corrected chi connectivity index (χ3v) is 2.76. The molecule has 2 nitrogen and oxygen atoms in total. The molecule has 1 amide bonds. The van der Waals surface area contributed by atoms with Crippen molar-refractivity contribution in [3.05, 3.63) is 34.9 Å². The molecule has 0 N–H and O–H groups in total. The predicted octanol–water partition coefficient (Wildman–Crippen LogP) is 2.57. The molecule has 14 heavy (non-hydrogen) atoms. The van der Waals surface area contributed by atoms with Crippen molar-refractivity contribution in [1.29, 1.82) is 0 Å². The second-order valence-corrected chi connectivity index (χ2v) is 4.09. The monoisotopic (exact) mass is 209 g/mol. The Morgan fingerprint density at radius 2 is 1.93 bits per heavy atom. The summed E-state index contributed by atoms with van der Waals surface area (Å²) < 4.78 is 0. The van der Waals surface area contributed by atoms with Crippen LogP contribution in [0.25, 0.3) is 0 Å². The highest BCUT2D eigenvalue weighted by Gasteiger charge is 2.29. The number of hydrogen-bond donors (Lipinski definition) is 0. The summed E-state index contributed by atoms with van der Waals surface area (Å²) in [6.45, 7) is 0. The van der Waals surface area contributed by atoms with Gasteiger partial charge in [-0.3, -0.25) is 4.79 Å². The maximum Gasteiger partial charge on any atom is 0.253 e. The molecule has 1 aromatic carbocycles. The van der Waals surface area contributed by atoms with Crippen LogP contribution in [0.4, 0.5) is 0 Å². The highest BCUT2D eigenvalue weighted by atomic mass is 35.5. The summed E-state index contributed by atoms with van der Waals surface area (Å²) in [7, 11) is 1.86. The average Bonchev–Trinajstić information content (AvgIpc) is 3.00. The van der Waals surface area contributed by atoms with Gasteiger partial charge in [-0.05, 0) is 37.1 Å². The quantitative estimate of drug-likeness (QED) is 0.733. The number of benzene rings is 1. The average molecular weight is 210 g/mol. The van der Waals surface area contributed by atoms with Crippen LogP contribution in [0.1, 0.15) is 23.2 Å². The lowest BCUT2D eigenvalue weighted by atomic mass is 10.2. The van der Waals surface area contributed by atoms with Gasteiger partial charge in [0.25, 0.3) is 5.91 Å². The highest BCUT2D eigenvalue weighted by Crippen LogP contribution is 2.26. The summed E-state index contributed by atoms with van der Waals surface area (Å²) in [6.07, 6.45) is 2.27. The van der Waals surface area contributed by atoms with E-state index in [9.17, 15) is 4.79 Å². The van der Waals surface area contributed by atoms with Crippen molar-refractivity contribution >= 4 is 17.5 Å². The molecular weight excluding hydrogens is 198 g/mol. The zero-order valence-electron chi connectivity index (χ0n) is 8.03. The molecular formula is C11H12ClNO. The maximum absolute atomic E-state index is 11.8. The first-order valence-corrected chi connectivity index (χ1v) is 5.09. The van der Waals surface area contributed by atoms with E-state index >= 15 is 0 Å². The van der Waals surface area contributed by atoms with Crippen LogP contribution in [-0.4, -0.2) is 23.9 Å². The molecule has 74 valence electrons. The van der Waals surface area contributed by atoms with Gasteiger partial charge in [-0.2, -0.15) is 0 Å². The van der Waals surface area contributed by atoms with Gasteiger partial charge in [0.1, 0.15) is 0 Å². The zero-order valence-corrected chi connectivity index (χ0v) is 8.79. The molecule has 1 saturated carbocycles. The molecule has 0 saturated heterocycles. The second-order valence-electron chi connectivity index (χ2n) is 3.65. The molecule has 0 heterocycles. The van der Waals surface area contributed by atoms with Crippen molar-refractivity contribution < 1.29 is 4.79 Å². The fraction of sp³-hybridized carbons (Fsp3) is 0.364. The Bertz CT molecular complexity index is 343. The molecule has 2 rings (SSSR count). The molecule has 0 atom stereocenters. The first-order chi connectivity index (χ1) is 6.68. The van der Waals surface area contributed by atoms with Crippen LogP contribution in [0, 0.1) is 0 Å². The topological polar surface area (TPSA) is 20.3 Å². The van der Waals surface area contributed by atoms with Crippen molar-refractivity contribution in [2.45, 2.75) is 18.9 Å². The summed E-state index contributed by atoms with van der Waals surface area (Å²) >= 11 is 5.75. The molecule has 1 aromatic rings. The number of hydrogen-bond acceptors (Lipinski definition) is 1. The van der Waals surface area contributed by atoms with Crippen LogP contribution in [-0.2, 0) is 0 Å². The standard InChI is InChI=1S/C11H12ClNO/c1-13(10-6-7-10)11(14)8-2-4-9(12)5-3-8/h2-5,10H,6-7H2,1H3. The lowest BCUT2D eigenvalue weighted by Crippen LogP contribution is -2.28. The van der Waals surface area contributed by atoms with Gasteiger partial charge in [0, 0.05) is 23.7 Å². The lowest BCUT2D eigenvalue weighted by molar-refractivity contribution is 0.0785. The third-order valence-electron chi connectivity index (χ3n) is 2.51. The minimum Gasteiger partial charge on any atom is -0.339 e. The SMILES string of the molecule is CN(C(=O)c1ccc(Cl)cc1)C1CC1. The molecule has 0 radical (unpaired) electrons. The predicted molar refractivity (Wildman–Crippen MR) is 56.6 cm³/mol. The minimum absolute atomic E-state index is 0.0872. The van der Waals surface area contributed by atoms with E-state index in [4.69, 9.17) is 11.6 Å². The van der Waals surface area contributed by atoms with E-state index < -0.39 is 0 Å². The van der Waals surface area contributed by atoms with Gasteiger partial charge in [-0.1, -0.05) is 11.6 Å². The van der Waals surface area contributed by atoms with E-state index in [1.54, 1.807) is 24.3 Å². The van der Waals surface area contributed by atoms with Crippen LogP contribution in [0.3, 0.4) is 0 Å². The smallest absolute Gasteiger partial charge is 0.253 e. The third kappa shape index (κ3) is 1.90. The Kier molecular flexibility index (Phi) is 2.46. The summed E-state index contributed by atoms with van der Waals surface area (Å²) in [5, 5.41) is 0.663. The maximum atomic E-state index is 11.8. The molecule has 0 unspecified atom stereocenters. The number of amides is 1. The Labute approximate surface area is 88.5 Å². The number of rotatable bonds is 2. The van der Waals surface area contributed by atoms with Crippen LogP contribution in [0.2, 0.25) is 5.02 Å². The summed E-state index contributed by atoms with van der Waals surface area (Å²) in [5.74, 6) is 0.0872. The summed E-state index contributed by atoms with van der Waals surface area (Å²) in [4.78, 5) is 13.6. The van der Waals surface area contributed by atoms with Crippen LogP contribution in [0.5, 0.6) is 0 Å². The zero-order chi connectivity index (χ0) is 10.1. The normalized spacial score (nSPS) is 15.3. The molecule has 1 aliphatic rings. The van der Waals surface area contributed by atoms with E-state index in [0.29, 0.717) is 16.6 Å². The molecule has 0 aromatic heterocycles. The second kappa shape index (κ2) is 3.62. The van der Waals surface area contributed by atoms with Crippen molar-refractivity contribution in [3.63, 3.8) is 0 Å². The molecule has 0 bridgehead atoms. The highest BCUT2D eigenvalue weighted by molar-refractivity contribution is 6.30. The first kappa shape index (κ1) is 9.53. The van der Waals surface area contributed by atoms with Crippen molar-refractivity contribution in [2.24, 2.45) is 0 Å². The van der Waals surface area contributed by atoms with Gasteiger partial charge in [0.2, 0.25) is 0 Å². The Balaban J connectivity index is 2.13. The van der Waals surface area contributed by atoms with E-state index in [1.165, 1.54) is 0 Å². The number of carbonyl (C=O) groups is 1. The summed E-state index contributed by atoms with van der Waals surface area (Å²) in [5.41, 5.74) is 0.712. The first-order valence-electron chi connectivity index (χ1n) is 4.71. The lowest BCUT2D eigenvalue weighted by Gasteiger charge is -2.15. The van der Waals surface area contributed by atoms with Gasteiger partial charge < -0.3 is 4.90 Å². The molecule has 1 fully saturated rings. The van der Waals surface area contributed by atoms with E-state index in [2.05, 4.69) is 0 Å². The van der Waals surface area contributed by atoms with Crippen molar-refractivity contribution in [1.82, 2.24) is 4.90 Å². The van der Waals surface area contributed by atoms with E-state index in [1.807, 2.05) is 11.9 Å². The van der Waals surface area contributed by atoms with Gasteiger partial charge in [0.15, 0.2) is 0 Å². The Hall–Kier alpha value is -1.02. The van der Waals surface area contributed by atoms with Gasteiger partial charge in [-0.15, -0.1) is 0 Å². The van der Waals surface area contributed by atoms with E-state index in [0.717, 1.165) is 12.8 Å². The molecule has 0 aliphatic heterocycles. The van der Waals surface area contributed by atoms with Gasteiger partial charge >= 0.3 is 0 Å². The Morgan fingerprint density at radius 3 is 2.43 bits per heavy atom. The molecule has 1 aliphatic carbocycles. The molecule has 3 heteroatoms. The van der Waals surface area contributed by atoms with Crippen LogP contribution < -0.4 is 0 Å². The van der Waals surface area contributed by atoms with E-state index in [-0.39, 0.29) is 5.91 Å².